The van der Waals surface area contributed by atoms with Crippen LogP contribution in [0.2, 0.25) is 0 Å². The van der Waals surface area contributed by atoms with Crippen LogP contribution in [-0.2, 0) is 9.53 Å². The van der Waals surface area contributed by atoms with Crippen LogP contribution in [0.5, 0.6) is 0 Å². The van der Waals surface area contributed by atoms with E-state index in [1.54, 1.807) is 18.4 Å². The summed E-state index contributed by atoms with van der Waals surface area (Å²) in [6.07, 6.45) is 3.28. The van der Waals surface area contributed by atoms with Crippen LogP contribution in [0.1, 0.15) is 18.6 Å². The fourth-order valence-electron chi connectivity index (χ4n) is 0.976. The Hall–Kier alpha value is -1.51. The third-order valence-corrected chi connectivity index (χ3v) is 1.66. The van der Waals surface area contributed by atoms with Gasteiger partial charge in [0.2, 0.25) is 0 Å². The van der Waals surface area contributed by atoms with Crippen molar-refractivity contribution in [1.82, 2.24) is 0 Å². The maximum atomic E-state index is 10.5. The van der Waals surface area contributed by atoms with Crippen LogP contribution in [-0.4, -0.2) is 12.6 Å². The number of ether oxygens (including phenoxy) is 1. The van der Waals surface area contributed by atoms with Gasteiger partial charge in [-0.1, -0.05) is 6.08 Å². The maximum Gasteiger partial charge on any atom is 0.302 e. The Balaban J connectivity index is 2.54. The summed E-state index contributed by atoms with van der Waals surface area (Å²) >= 11 is 0. The highest BCUT2D eigenvalue weighted by Gasteiger charge is 2.11. The van der Waals surface area contributed by atoms with Crippen LogP contribution in [0.15, 0.2) is 35.5 Å². The van der Waals surface area contributed by atoms with Crippen LogP contribution in [0.4, 0.5) is 0 Å². The lowest BCUT2D eigenvalue weighted by atomic mass is 10.1. The molecule has 0 fully saturated rings. The number of rotatable bonds is 4. The Kier molecular flexibility index (Phi) is 3.31. The molecular weight excluding hydrogens is 168 g/mol. The van der Waals surface area contributed by atoms with Crippen LogP contribution in [0.25, 0.3) is 0 Å². The smallest absolute Gasteiger partial charge is 0.302 e. The maximum absolute atomic E-state index is 10.5. The molecule has 0 aliphatic carbocycles. The van der Waals surface area contributed by atoms with E-state index in [-0.39, 0.29) is 18.5 Å². The zero-order chi connectivity index (χ0) is 9.68. The normalized spacial score (nSPS) is 12.1. The summed E-state index contributed by atoms with van der Waals surface area (Å²) in [5.74, 6) is 0.411. The molecule has 3 nitrogen and oxygen atoms in total. The summed E-state index contributed by atoms with van der Waals surface area (Å²) in [5, 5.41) is 0. The third kappa shape index (κ3) is 2.78. The van der Waals surface area contributed by atoms with Crippen LogP contribution >= 0.6 is 0 Å². The lowest BCUT2D eigenvalue weighted by molar-refractivity contribution is -0.141. The molecule has 1 aromatic rings. The van der Waals surface area contributed by atoms with E-state index >= 15 is 0 Å². The van der Waals surface area contributed by atoms with Crippen LogP contribution in [0.3, 0.4) is 0 Å². The van der Waals surface area contributed by atoms with Crippen molar-refractivity contribution in [3.63, 3.8) is 0 Å². The van der Waals surface area contributed by atoms with Crippen molar-refractivity contribution in [1.29, 1.82) is 0 Å². The van der Waals surface area contributed by atoms with Crippen molar-refractivity contribution in [3.05, 3.63) is 36.8 Å². The molecule has 13 heavy (non-hydrogen) atoms. The minimum Gasteiger partial charge on any atom is -0.469 e. The molecule has 0 N–H and O–H groups in total. The summed E-state index contributed by atoms with van der Waals surface area (Å²) in [6, 6.07) is 3.62. The molecule has 0 amide bonds. The van der Waals surface area contributed by atoms with E-state index in [1.807, 2.05) is 6.07 Å². The standard InChI is InChI=1S/C10H12O3/c1-3-9(7-13-8(2)11)10-5-4-6-12-10/h3-6,9H,1,7H2,2H3/t9-/m0/s1. The highest BCUT2D eigenvalue weighted by atomic mass is 16.5. The Bertz CT molecular complexity index is 274. The lowest BCUT2D eigenvalue weighted by Crippen LogP contribution is -2.07. The molecule has 3 heteroatoms. The number of hydrogen-bond acceptors (Lipinski definition) is 3. The lowest BCUT2D eigenvalue weighted by Gasteiger charge is -2.08. The Labute approximate surface area is 77.0 Å². The molecular formula is C10H12O3. The zero-order valence-electron chi connectivity index (χ0n) is 7.53. The van der Waals surface area contributed by atoms with Gasteiger partial charge in [-0.05, 0) is 12.1 Å². The van der Waals surface area contributed by atoms with Gasteiger partial charge >= 0.3 is 5.97 Å². The molecule has 0 aliphatic rings. The average molecular weight is 180 g/mol. The summed E-state index contributed by atoms with van der Waals surface area (Å²) in [6.45, 7) is 5.30. The molecule has 0 radical (unpaired) electrons. The topological polar surface area (TPSA) is 39.4 Å². The van der Waals surface area contributed by atoms with Gasteiger partial charge in [0, 0.05) is 6.92 Å². The summed E-state index contributed by atoms with van der Waals surface area (Å²) in [4.78, 5) is 10.5. The van der Waals surface area contributed by atoms with Crippen molar-refractivity contribution in [2.24, 2.45) is 0 Å². The van der Waals surface area contributed by atoms with E-state index in [0.717, 1.165) is 5.76 Å². The van der Waals surface area contributed by atoms with E-state index in [9.17, 15) is 4.79 Å². The van der Waals surface area contributed by atoms with Gasteiger partial charge in [-0.25, -0.2) is 0 Å². The van der Waals surface area contributed by atoms with Gasteiger partial charge in [0.25, 0.3) is 0 Å². The molecule has 0 aromatic carbocycles. The molecule has 70 valence electrons. The molecule has 0 aliphatic heterocycles. The number of furan rings is 1. The molecule has 0 saturated heterocycles. The van der Waals surface area contributed by atoms with E-state index in [2.05, 4.69) is 6.58 Å². The van der Waals surface area contributed by atoms with Gasteiger partial charge < -0.3 is 9.15 Å². The van der Waals surface area contributed by atoms with E-state index in [1.165, 1.54) is 6.92 Å². The van der Waals surface area contributed by atoms with Crippen LogP contribution in [0, 0.1) is 0 Å². The zero-order valence-corrected chi connectivity index (χ0v) is 7.53. The minimum atomic E-state index is -0.293. The summed E-state index contributed by atoms with van der Waals surface area (Å²) < 4.78 is 10.0. The first-order chi connectivity index (χ1) is 6.24. The van der Waals surface area contributed by atoms with Gasteiger partial charge in [-0.3, -0.25) is 4.79 Å². The van der Waals surface area contributed by atoms with Crippen molar-refractivity contribution < 1.29 is 13.9 Å². The fourth-order valence-corrected chi connectivity index (χ4v) is 0.976. The Morgan fingerprint density at radius 1 is 1.85 bits per heavy atom. The highest BCUT2D eigenvalue weighted by Crippen LogP contribution is 2.17. The van der Waals surface area contributed by atoms with Gasteiger partial charge in [-0.15, -0.1) is 6.58 Å². The largest absolute Gasteiger partial charge is 0.469 e. The predicted octanol–water partition coefficient (Wildman–Crippen LogP) is 2.11. The number of carbonyl (C=O) groups excluding carboxylic acids is 1. The molecule has 0 bridgehead atoms. The molecule has 1 aromatic heterocycles. The SMILES string of the molecule is C=C[C@@H](COC(C)=O)c1ccco1. The highest BCUT2D eigenvalue weighted by molar-refractivity contribution is 5.65. The first kappa shape index (κ1) is 9.58. The van der Waals surface area contributed by atoms with Crippen molar-refractivity contribution in [2.75, 3.05) is 6.61 Å². The van der Waals surface area contributed by atoms with Crippen LogP contribution < -0.4 is 0 Å². The number of carbonyl (C=O) groups is 1. The van der Waals surface area contributed by atoms with E-state index in [4.69, 9.17) is 9.15 Å². The number of hydrogen-bond donors (Lipinski definition) is 0. The third-order valence-electron chi connectivity index (χ3n) is 1.66. The quantitative estimate of drug-likeness (QED) is 0.526. The molecule has 1 heterocycles. The average Bonchev–Trinajstić information content (AvgIpc) is 2.58. The van der Waals surface area contributed by atoms with Gasteiger partial charge in [0.15, 0.2) is 0 Å². The second-order valence-corrected chi connectivity index (χ2v) is 2.66. The Morgan fingerprint density at radius 3 is 3.08 bits per heavy atom. The van der Waals surface area contributed by atoms with Gasteiger partial charge in [0.1, 0.15) is 12.4 Å². The Morgan fingerprint density at radius 2 is 2.62 bits per heavy atom. The van der Waals surface area contributed by atoms with E-state index in [0.29, 0.717) is 0 Å². The van der Waals surface area contributed by atoms with Crippen molar-refractivity contribution in [2.45, 2.75) is 12.8 Å². The number of esters is 1. The second kappa shape index (κ2) is 4.50. The fraction of sp³-hybridized carbons (Fsp3) is 0.300. The van der Waals surface area contributed by atoms with Crippen molar-refractivity contribution in [3.8, 4) is 0 Å². The molecule has 1 rings (SSSR count). The second-order valence-electron chi connectivity index (χ2n) is 2.66. The van der Waals surface area contributed by atoms with Crippen molar-refractivity contribution >= 4 is 5.97 Å². The first-order valence-electron chi connectivity index (χ1n) is 4.03. The van der Waals surface area contributed by atoms with E-state index < -0.39 is 0 Å². The molecule has 0 saturated carbocycles. The van der Waals surface area contributed by atoms with Gasteiger partial charge in [-0.2, -0.15) is 0 Å². The van der Waals surface area contributed by atoms with Gasteiger partial charge in [0.05, 0.1) is 12.2 Å². The summed E-state index contributed by atoms with van der Waals surface area (Å²) in [7, 11) is 0. The first-order valence-corrected chi connectivity index (χ1v) is 4.03. The predicted molar refractivity (Wildman–Crippen MR) is 48.3 cm³/mol. The molecule has 1 atom stereocenters. The summed E-state index contributed by atoms with van der Waals surface area (Å²) in [5.41, 5.74) is 0. The monoisotopic (exact) mass is 180 g/mol. The molecule has 0 unspecified atom stereocenters. The minimum absolute atomic E-state index is 0.0566. The molecule has 0 spiro atoms.